The maximum Gasteiger partial charge on any atom is 0.419 e. The molecular weight excluding hydrogens is 508 g/mol. The third-order valence-electron chi connectivity index (χ3n) is 2.73. The van der Waals surface area contributed by atoms with Crippen molar-refractivity contribution in [3.63, 3.8) is 0 Å². The maximum atomic E-state index is 13.0. The molecule has 0 fully saturated rings. The fourth-order valence-electron chi connectivity index (χ4n) is 1.62. The molecule has 0 atom stereocenters. The Morgan fingerprint density at radius 2 is 1.27 bits per heavy atom. The van der Waals surface area contributed by atoms with Crippen LogP contribution in [0, 0.1) is 11.6 Å². The van der Waals surface area contributed by atoms with E-state index in [4.69, 9.17) is 0 Å². The standard InChI is InChI=1S/C8H3BrF4O.C7H3BrF4/c9-5-1-4(3-14)7(10)6(2-5)8(11,12)13;8-4-1-2-6(9)5(3-4)7(10,11)12/h1-3H;1-3H. The van der Waals surface area contributed by atoms with E-state index in [1.165, 1.54) is 6.07 Å². The van der Waals surface area contributed by atoms with E-state index in [2.05, 4.69) is 31.9 Å². The van der Waals surface area contributed by atoms with E-state index in [1.807, 2.05) is 0 Å². The summed E-state index contributed by atoms with van der Waals surface area (Å²) in [5, 5.41) is 0. The number of alkyl halides is 6. The topological polar surface area (TPSA) is 17.1 Å². The molecule has 0 saturated carbocycles. The summed E-state index contributed by atoms with van der Waals surface area (Å²) in [6.07, 6.45) is -9.39. The Kier molecular flexibility index (Phi) is 7.34. The minimum Gasteiger partial charge on any atom is -0.298 e. The number of halogens is 10. The first kappa shape index (κ1) is 22.6. The van der Waals surface area contributed by atoms with Crippen molar-refractivity contribution in [3.8, 4) is 0 Å². The first-order valence-corrected chi connectivity index (χ1v) is 7.89. The van der Waals surface area contributed by atoms with Gasteiger partial charge in [-0.15, -0.1) is 0 Å². The van der Waals surface area contributed by atoms with Crippen LogP contribution in [0.2, 0.25) is 0 Å². The molecule has 0 radical (unpaired) electrons. The zero-order chi connectivity index (χ0) is 20.3. The molecule has 0 aliphatic rings. The van der Waals surface area contributed by atoms with Crippen molar-refractivity contribution < 1.29 is 39.9 Å². The highest BCUT2D eigenvalue weighted by Gasteiger charge is 2.35. The maximum absolute atomic E-state index is 13.0. The van der Waals surface area contributed by atoms with Gasteiger partial charge in [0.25, 0.3) is 0 Å². The van der Waals surface area contributed by atoms with Gasteiger partial charge in [0.2, 0.25) is 0 Å². The Bertz CT molecular complexity index is 799. The van der Waals surface area contributed by atoms with E-state index in [9.17, 15) is 39.9 Å². The summed E-state index contributed by atoms with van der Waals surface area (Å²) in [6.45, 7) is 0. The van der Waals surface area contributed by atoms with Gasteiger partial charge in [-0.05, 0) is 30.3 Å². The summed E-state index contributed by atoms with van der Waals surface area (Å²) in [4.78, 5) is 10.2. The van der Waals surface area contributed by atoms with Gasteiger partial charge in [-0.1, -0.05) is 31.9 Å². The Labute approximate surface area is 158 Å². The van der Waals surface area contributed by atoms with E-state index in [0.717, 1.165) is 12.1 Å². The summed E-state index contributed by atoms with van der Waals surface area (Å²) in [5.74, 6) is -2.80. The van der Waals surface area contributed by atoms with E-state index in [-0.39, 0.29) is 15.2 Å². The van der Waals surface area contributed by atoms with Crippen LogP contribution in [0.5, 0.6) is 0 Å². The van der Waals surface area contributed by atoms with Crippen LogP contribution in [-0.2, 0) is 12.4 Å². The van der Waals surface area contributed by atoms with Crippen LogP contribution >= 0.6 is 31.9 Å². The van der Waals surface area contributed by atoms with Gasteiger partial charge in [-0.25, -0.2) is 8.78 Å². The molecule has 2 rings (SSSR count). The molecule has 0 N–H and O–H groups in total. The predicted molar refractivity (Wildman–Crippen MR) is 83.6 cm³/mol. The first-order valence-electron chi connectivity index (χ1n) is 6.31. The van der Waals surface area contributed by atoms with Gasteiger partial charge in [-0.2, -0.15) is 26.3 Å². The minimum absolute atomic E-state index is 0.00771. The second kappa shape index (κ2) is 8.47. The summed E-state index contributed by atoms with van der Waals surface area (Å²) >= 11 is 5.58. The lowest BCUT2D eigenvalue weighted by molar-refractivity contribution is -0.140. The molecule has 0 aliphatic carbocycles. The predicted octanol–water partition coefficient (Wildman–Crippen LogP) is 7.03. The van der Waals surface area contributed by atoms with Gasteiger partial charge in [0.15, 0.2) is 6.29 Å². The fraction of sp³-hybridized carbons (Fsp3) is 0.133. The van der Waals surface area contributed by atoms with Crippen molar-refractivity contribution in [1.82, 2.24) is 0 Å². The van der Waals surface area contributed by atoms with Crippen LogP contribution in [0.15, 0.2) is 39.3 Å². The molecule has 142 valence electrons. The zero-order valence-electron chi connectivity index (χ0n) is 12.2. The molecule has 26 heavy (non-hydrogen) atoms. The van der Waals surface area contributed by atoms with Crippen LogP contribution in [0.25, 0.3) is 0 Å². The van der Waals surface area contributed by atoms with Gasteiger partial charge in [0.1, 0.15) is 11.6 Å². The van der Waals surface area contributed by atoms with Crippen molar-refractivity contribution >= 4 is 38.1 Å². The van der Waals surface area contributed by atoms with Crippen LogP contribution < -0.4 is 0 Å². The van der Waals surface area contributed by atoms with Crippen LogP contribution in [0.3, 0.4) is 0 Å². The molecular formula is C15H6Br2F8O. The molecule has 2 aromatic rings. The minimum atomic E-state index is -4.80. The van der Waals surface area contributed by atoms with Crippen molar-refractivity contribution in [2.45, 2.75) is 12.4 Å². The Morgan fingerprint density at radius 3 is 1.69 bits per heavy atom. The van der Waals surface area contributed by atoms with Crippen LogP contribution in [-0.4, -0.2) is 6.29 Å². The second-order valence-electron chi connectivity index (χ2n) is 4.59. The molecule has 0 unspecified atom stereocenters. The molecule has 2 aromatic carbocycles. The van der Waals surface area contributed by atoms with Gasteiger partial charge < -0.3 is 0 Å². The molecule has 0 amide bonds. The Balaban J connectivity index is 0.000000263. The smallest absolute Gasteiger partial charge is 0.298 e. The monoisotopic (exact) mass is 512 g/mol. The summed E-state index contributed by atoms with van der Waals surface area (Å²) in [6, 6.07) is 4.26. The lowest BCUT2D eigenvalue weighted by atomic mass is 10.1. The van der Waals surface area contributed by atoms with Gasteiger partial charge >= 0.3 is 12.4 Å². The van der Waals surface area contributed by atoms with Crippen molar-refractivity contribution in [2.75, 3.05) is 0 Å². The quantitative estimate of drug-likeness (QED) is 0.295. The average Bonchev–Trinajstić information content (AvgIpc) is 2.50. The molecule has 0 spiro atoms. The molecule has 0 aromatic heterocycles. The summed E-state index contributed by atoms with van der Waals surface area (Å²) in [7, 11) is 0. The third-order valence-corrected chi connectivity index (χ3v) is 3.68. The molecule has 0 bridgehead atoms. The van der Waals surface area contributed by atoms with E-state index in [1.54, 1.807) is 0 Å². The largest absolute Gasteiger partial charge is 0.419 e. The molecule has 0 heterocycles. The zero-order valence-corrected chi connectivity index (χ0v) is 15.3. The lowest BCUT2D eigenvalue weighted by Crippen LogP contribution is -2.10. The number of aldehydes is 1. The highest BCUT2D eigenvalue weighted by atomic mass is 79.9. The SMILES string of the molecule is Fc1ccc(Br)cc1C(F)(F)F.O=Cc1cc(Br)cc(C(F)(F)F)c1F. The lowest BCUT2D eigenvalue weighted by Gasteiger charge is -2.09. The van der Waals surface area contributed by atoms with Crippen molar-refractivity contribution in [2.24, 2.45) is 0 Å². The Hall–Kier alpha value is -1.49. The number of carbonyl (C=O) groups is 1. The van der Waals surface area contributed by atoms with Crippen LogP contribution in [0.4, 0.5) is 35.1 Å². The number of carbonyl (C=O) groups excluding carboxylic acids is 1. The number of hydrogen-bond acceptors (Lipinski definition) is 1. The first-order chi connectivity index (χ1) is 11.8. The molecule has 0 aliphatic heterocycles. The van der Waals surface area contributed by atoms with Gasteiger partial charge in [0, 0.05) is 8.95 Å². The van der Waals surface area contributed by atoms with Gasteiger partial charge in [-0.3, -0.25) is 4.79 Å². The number of benzene rings is 2. The average molecular weight is 514 g/mol. The second-order valence-corrected chi connectivity index (χ2v) is 6.43. The van der Waals surface area contributed by atoms with E-state index < -0.39 is 40.7 Å². The van der Waals surface area contributed by atoms with E-state index in [0.29, 0.717) is 12.1 Å². The number of rotatable bonds is 1. The normalized spacial score (nSPS) is 11.6. The van der Waals surface area contributed by atoms with E-state index >= 15 is 0 Å². The molecule has 11 heteroatoms. The summed E-state index contributed by atoms with van der Waals surface area (Å²) in [5.41, 5.74) is -3.32. The van der Waals surface area contributed by atoms with Crippen molar-refractivity contribution in [1.29, 1.82) is 0 Å². The molecule has 0 saturated heterocycles. The number of hydrogen-bond donors (Lipinski definition) is 0. The third kappa shape index (κ3) is 6.04. The fourth-order valence-corrected chi connectivity index (χ4v) is 2.45. The van der Waals surface area contributed by atoms with Gasteiger partial charge in [0.05, 0.1) is 16.7 Å². The highest BCUT2D eigenvalue weighted by Crippen LogP contribution is 2.34. The van der Waals surface area contributed by atoms with Crippen LogP contribution in [0.1, 0.15) is 21.5 Å². The highest BCUT2D eigenvalue weighted by molar-refractivity contribution is 9.10. The Morgan fingerprint density at radius 1 is 0.769 bits per heavy atom. The summed E-state index contributed by atoms with van der Waals surface area (Å²) < 4.78 is 98.1. The molecule has 1 nitrogen and oxygen atoms in total. The van der Waals surface area contributed by atoms with Crippen molar-refractivity contribution in [3.05, 3.63) is 67.6 Å².